The van der Waals surface area contributed by atoms with Crippen molar-refractivity contribution in [3.8, 4) is 0 Å². The molecule has 1 aliphatic heterocycles. The Morgan fingerprint density at radius 3 is 2.72 bits per heavy atom. The van der Waals surface area contributed by atoms with Crippen LogP contribution in [-0.2, 0) is 20.7 Å². The minimum Gasteiger partial charge on any atom is -0.469 e. The van der Waals surface area contributed by atoms with Crippen LogP contribution in [0, 0.1) is 5.92 Å². The molecule has 1 aromatic carbocycles. The largest absolute Gasteiger partial charge is 0.469 e. The van der Waals surface area contributed by atoms with Gasteiger partial charge in [0.15, 0.2) is 0 Å². The van der Waals surface area contributed by atoms with Gasteiger partial charge in [-0.25, -0.2) is 0 Å². The molecule has 0 radical (unpaired) electrons. The molecule has 2 rings (SSSR count). The van der Waals surface area contributed by atoms with Crippen molar-refractivity contribution in [1.29, 1.82) is 0 Å². The number of unbranched alkanes of at least 4 members (excludes halogenated alkanes) is 1. The lowest BCUT2D eigenvalue weighted by atomic mass is 9.92. The van der Waals surface area contributed by atoms with Crippen LogP contribution >= 0.6 is 11.8 Å². The second-order valence-electron chi connectivity index (χ2n) is 8.93. The van der Waals surface area contributed by atoms with Crippen LogP contribution in [0.1, 0.15) is 70.3 Å². The minimum atomic E-state index is -0.294. The van der Waals surface area contributed by atoms with Gasteiger partial charge in [-0.05, 0) is 62.2 Å². The summed E-state index contributed by atoms with van der Waals surface area (Å²) >= 11 is 1.78. The number of carbonyl (C=O) groups excluding carboxylic acids is 2. The van der Waals surface area contributed by atoms with Crippen LogP contribution in [0.5, 0.6) is 0 Å². The summed E-state index contributed by atoms with van der Waals surface area (Å²) in [7, 11) is 1.42. The van der Waals surface area contributed by atoms with E-state index in [0.717, 1.165) is 69.4 Å². The maximum absolute atomic E-state index is 12.3. The molecule has 1 amide bonds. The van der Waals surface area contributed by atoms with Crippen molar-refractivity contribution in [2.75, 3.05) is 25.2 Å². The molecule has 0 aliphatic carbocycles. The second-order valence-corrected chi connectivity index (χ2v) is 10.1. The number of benzene rings is 1. The number of methoxy groups -OCH3 is 1. The van der Waals surface area contributed by atoms with Crippen LogP contribution in [0.4, 0.5) is 0 Å². The van der Waals surface area contributed by atoms with Gasteiger partial charge in [-0.2, -0.15) is 11.8 Å². The molecular weight excluding hydrogens is 422 g/mol. The van der Waals surface area contributed by atoms with Crippen LogP contribution in [-0.4, -0.2) is 59.2 Å². The number of aliphatic hydroxyl groups is 1. The molecule has 5 nitrogen and oxygen atoms in total. The zero-order valence-corrected chi connectivity index (χ0v) is 20.7. The van der Waals surface area contributed by atoms with E-state index in [0.29, 0.717) is 18.8 Å². The topological polar surface area (TPSA) is 66.8 Å². The number of amides is 1. The molecule has 1 saturated heterocycles. The van der Waals surface area contributed by atoms with Crippen LogP contribution in [0.3, 0.4) is 0 Å². The lowest BCUT2D eigenvalue weighted by Crippen LogP contribution is -2.35. The molecule has 1 fully saturated rings. The third-order valence-corrected chi connectivity index (χ3v) is 7.55. The summed E-state index contributed by atoms with van der Waals surface area (Å²) in [5.74, 6) is 2.17. The van der Waals surface area contributed by atoms with Gasteiger partial charge in [-0.1, -0.05) is 43.7 Å². The van der Waals surface area contributed by atoms with E-state index in [1.54, 1.807) is 11.8 Å². The van der Waals surface area contributed by atoms with E-state index in [4.69, 9.17) is 0 Å². The third-order valence-electron chi connectivity index (χ3n) is 6.50. The zero-order valence-electron chi connectivity index (χ0n) is 19.8. The number of hydrogen-bond acceptors (Lipinski definition) is 5. The number of aliphatic hydroxyl groups excluding tert-OH is 1. The quantitative estimate of drug-likeness (QED) is 0.280. The van der Waals surface area contributed by atoms with Gasteiger partial charge < -0.3 is 14.7 Å². The molecular formula is C26H41NO4S. The first-order valence-electron chi connectivity index (χ1n) is 12.2. The Labute approximate surface area is 198 Å². The van der Waals surface area contributed by atoms with Crippen LogP contribution in [0.25, 0.3) is 0 Å². The summed E-state index contributed by atoms with van der Waals surface area (Å²) in [4.78, 5) is 25.5. The Hall–Kier alpha value is -1.53. The fourth-order valence-corrected chi connectivity index (χ4v) is 5.24. The molecule has 1 aliphatic rings. The summed E-state index contributed by atoms with van der Waals surface area (Å²) in [6.45, 7) is 2.91. The predicted molar refractivity (Wildman–Crippen MR) is 132 cm³/mol. The van der Waals surface area contributed by atoms with Crippen molar-refractivity contribution < 1.29 is 19.4 Å². The fraction of sp³-hybridized carbons (Fsp3) is 0.692. The van der Waals surface area contributed by atoms with E-state index in [2.05, 4.69) is 35.9 Å². The standard InChI is InChI=1S/C26H41NO4S/c1-21(9-6-7-12-22-10-4-3-5-11-22)24(28)16-14-23-15-17-25(29)27(23)18-20-32-19-8-13-26(30)31-2/h3-5,10-11,21,23-24,28H,6-9,12-20H2,1-2H3/t21-,23?,24+/m0/s1. The molecule has 0 aromatic heterocycles. The summed E-state index contributed by atoms with van der Waals surface area (Å²) in [5.41, 5.74) is 1.38. The second kappa shape index (κ2) is 15.3. The molecule has 6 heteroatoms. The summed E-state index contributed by atoms with van der Waals surface area (Å²) in [5, 5.41) is 10.6. The van der Waals surface area contributed by atoms with E-state index in [1.807, 2.05) is 11.0 Å². The Balaban J connectivity index is 1.59. The van der Waals surface area contributed by atoms with Crippen molar-refractivity contribution in [3.05, 3.63) is 35.9 Å². The van der Waals surface area contributed by atoms with E-state index >= 15 is 0 Å². The number of thioether (sulfide) groups is 1. The van der Waals surface area contributed by atoms with Gasteiger partial charge in [0, 0.05) is 31.2 Å². The van der Waals surface area contributed by atoms with E-state index in [1.165, 1.54) is 12.7 Å². The van der Waals surface area contributed by atoms with Crippen molar-refractivity contribution in [1.82, 2.24) is 4.90 Å². The van der Waals surface area contributed by atoms with Gasteiger partial charge >= 0.3 is 5.97 Å². The third kappa shape index (κ3) is 9.95. The molecule has 3 atom stereocenters. The Morgan fingerprint density at radius 1 is 1.19 bits per heavy atom. The molecule has 1 heterocycles. The smallest absolute Gasteiger partial charge is 0.305 e. The average Bonchev–Trinajstić information content (AvgIpc) is 3.16. The monoisotopic (exact) mass is 463 g/mol. The number of ether oxygens (including phenoxy) is 1. The van der Waals surface area contributed by atoms with Crippen LogP contribution in [0.15, 0.2) is 30.3 Å². The van der Waals surface area contributed by atoms with Crippen molar-refractivity contribution >= 4 is 23.6 Å². The Kier molecular flexibility index (Phi) is 12.8. The maximum Gasteiger partial charge on any atom is 0.305 e. The highest BCUT2D eigenvalue weighted by atomic mass is 32.2. The summed E-state index contributed by atoms with van der Waals surface area (Å²) in [6.07, 6.45) is 8.59. The van der Waals surface area contributed by atoms with E-state index in [9.17, 15) is 14.7 Å². The van der Waals surface area contributed by atoms with Crippen LogP contribution < -0.4 is 0 Å². The van der Waals surface area contributed by atoms with Crippen molar-refractivity contribution in [3.63, 3.8) is 0 Å². The zero-order chi connectivity index (χ0) is 23.2. The first kappa shape index (κ1) is 26.7. The van der Waals surface area contributed by atoms with Gasteiger partial charge in [-0.15, -0.1) is 0 Å². The number of likely N-dealkylation sites (tertiary alicyclic amines) is 1. The Bertz CT molecular complexity index is 669. The lowest BCUT2D eigenvalue weighted by Gasteiger charge is -2.27. The number of aryl methyl sites for hydroxylation is 1. The fourth-order valence-electron chi connectivity index (χ4n) is 4.37. The van der Waals surface area contributed by atoms with Gasteiger partial charge in [0.05, 0.1) is 13.2 Å². The SMILES string of the molecule is COC(=O)CCCSCCN1C(=O)CCC1CC[C@@H](O)[C@@H](C)CCCCc1ccccc1. The number of rotatable bonds is 16. The molecule has 1 N–H and O–H groups in total. The summed E-state index contributed by atoms with van der Waals surface area (Å²) < 4.78 is 4.65. The normalized spacial score (nSPS) is 18.0. The average molecular weight is 464 g/mol. The lowest BCUT2D eigenvalue weighted by molar-refractivity contribution is -0.140. The summed E-state index contributed by atoms with van der Waals surface area (Å²) in [6, 6.07) is 10.8. The predicted octanol–water partition coefficient (Wildman–Crippen LogP) is 4.85. The molecule has 32 heavy (non-hydrogen) atoms. The molecule has 1 unspecified atom stereocenters. The van der Waals surface area contributed by atoms with Crippen molar-refractivity contribution in [2.24, 2.45) is 5.92 Å². The highest BCUT2D eigenvalue weighted by Gasteiger charge is 2.31. The Morgan fingerprint density at radius 2 is 1.97 bits per heavy atom. The van der Waals surface area contributed by atoms with E-state index in [-0.39, 0.29) is 24.0 Å². The van der Waals surface area contributed by atoms with Gasteiger partial charge in [0.25, 0.3) is 0 Å². The molecule has 180 valence electrons. The van der Waals surface area contributed by atoms with Crippen LogP contribution in [0.2, 0.25) is 0 Å². The molecule has 0 saturated carbocycles. The number of carbonyl (C=O) groups is 2. The molecule has 1 aromatic rings. The van der Waals surface area contributed by atoms with Crippen molar-refractivity contribution in [2.45, 2.75) is 83.3 Å². The maximum atomic E-state index is 12.3. The van der Waals surface area contributed by atoms with E-state index < -0.39 is 0 Å². The number of nitrogens with zero attached hydrogens (tertiary/aromatic N) is 1. The minimum absolute atomic E-state index is 0.163. The number of esters is 1. The highest BCUT2D eigenvalue weighted by Crippen LogP contribution is 2.26. The molecule has 0 bridgehead atoms. The van der Waals surface area contributed by atoms with Gasteiger partial charge in [0.1, 0.15) is 0 Å². The van der Waals surface area contributed by atoms with Gasteiger partial charge in [-0.3, -0.25) is 9.59 Å². The first-order chi connectivity index (χ1) is 15.5. The first-order valence-corrected chi connectivity index (χ1v) is 13.3. The molecule has 0 spiro atoms. The highest BCUT2D eigenvalue weighted by molar-refractivity contribution is 7.99. The number of hydrogen-bond donors (Lipinski definition) is 1. The van der Waals surface area contributed by atoms with Gasteiger partial charge in [0.2, 0.25) is 5.91 Å².